The highest BCUT2D eigenvalue weighted by Crippen LogP contribution is 2.42. The van der Waals surface area contributed by atoms with E-state index in [9.17, 15) is 4.55 Å². The molecule has 0 bridgehead atoms. The maximum Gasteiger partial charge on any atom is 0.192 e. The third-order valence-corrected chi connectivity index (χ3v) is 11.8. The summed E-state index contributed by atoms with van der Waals surface area (Å²) < 4.78 is 24.2. The number of hydrogen-bond acceptors (Lipinski definition) is 4. The van der Waals surface area contributed by atoms with Crippen molar-refractivity contribution in [2.75, 3.05) is 0 Å². The summed E-state index contributed by atoms with van der Waals surface area (Å²) in [6, 6.07) is 5.79. The Morgan fingerprint density at radius 3 is 2.30 bits per heavy atom. The van der Waals surface area contributed by atoms with Gasteiger partial charge in [-0.1, -0.05) is 31.2 Å². The Morgan fingerprint density at radius 2 is 1.81 bits per heavy atom. The van der Waals surface area contributed by atoms with Crippen LogP contribution in [0.2, 0.25) is 18.1 Å². The van der Waals surface area contributed by atoms with Crippen LogP contribution in [-0.4, -0.2) is 34.4 Å². The van der Waals surface area contributed by atoms with E-state index in [2.05, 4.69) is 59.2 Å². The molecule has 0 saturated heterocycles. The molecule has 4 nitrogen and oxygen atoms in total. The first-order valence-electron chi connectivity index (χ1n) is 9.52. The molecular formula is C20H33BrN2O2SSi. The average molecular weight is 474 g/mol. The largest absolute Gasteiger partial charge is 0.591 e. The summed E-state index contributed by atoms with van der Waals surface area (Å²) in [6.07, 6.45) is 2.10. The molecule has 1 unspecified atom stereocenters. The first kappa shape index (κ1) is 23.1. The van der Waals surface area contributed by atoms with E-state index in [1.165, 1.54) is 0 Å². The molecule has 1 aliphatic carbocycles. The Morgan fingerprint density at radius 1 is 1.22 bits per heavy atom. The molecule has 0 radical (unpaired) electrons. The quantitative estimate of drug-likeness (QED) is 0.232. The van der Waals surface area contributed by atoms with Gasteiger partial charge in [0.05, 0.1) is 5.69 Å². The lowest BCUT2D eigenvalue weighted by atomic mass is 9.78. The fourth-order valence-corrected chi connectivity index (χ4v) is 5.00. The van der Waals surface area contributed by atoms with Crippen LogP contribution in [0.4, 0.5) is 0 Å². The molecular weight excluding hydrogens is 440 g/mol. The normalized spacial score (nSPS) is 23.1. The van der Waals surface area contributed by atoms with Crippen molar-refractivity contribution in [3.63, 3.8) is 0 Å². The molecule has 2 rings (SSSR count). The molecule has 0 aromatic carbocycles. The van der Waals surface area contributed by atoms with E-state index in [1.54, 1.807) is 0 Å². The summed E-state index contributed by atoms with van der Waals surface area (Å²) in [5, 5.41) is 0.203. The van der Waals surface area contributed by atoms with Crippen LogP contribution in [-0.2, 0) is 15.8 Å². The highest BCUT2D eigenvalue weighted by atomic mass is 79.9. The van der Waals surface area contributed by atoms with Gasteiger partial charge < -0.3 is 8.98 Å². The van der Waals surface area contributed by atoms with E-state index in [0.29, 0.717) is 0 Å². The Balaban J connectivity index is 2.19. The molecule has 152 valence electrons. The van der Waals surface area contributed by atoms with Crippen molar-refractivity contribution >= 4 is 41.3 Å². The molecule has 0 N–H and O–H groups in total. The number of rotatable bonds is 5. The summed E-state index contributed by atoms with van der Waals surface area (Å²) in [5.41, 5.74) is 1.65. The lowest BCUT2D eigenvalue weighted by molar-refractivity contribution is 0.0800. The van der Waals surface area contributed by atoms with Gasteiger partial charge >= 0.3 is 0 Å². The molecule has 1 saturated carbocycles. The molecule has 0 spiro atoms. The van der Waals surface area contributed by atoms with Crippen LogP contribution in [0.3, 0.4) is 0 Å². The van der Waals surface area contributed by atoms with Crippen molar-refractivity contribution in [2.45, 2.75) is 83.4 Å². The van der Waals surface area contributed by atoms with E-state index in [4.69, 9.17) is 4.43 Å². The Hall–Kier alpha value is -0.213. The van der Waals surface area contributed by atoms with E-state index in [1.807, 2.05) is 39.0 Å². The molecule has 1 aromatic heterocycles. The molecule has 1 aliphatic rings. The molecule has 27 heavy (non-hydrogen) atoms. The smallest absolute Gasteiger partial charge is 0.192 e. The molecule has 1 heterocycles. The summed E-state index contributed by atoms with van der Waals surface area (Å²) in [7, 11) is -1.78. The second-order valence-corrected chi connectivity index (χ2v) is 17.3. The minimum atomic E-state index is -1.78. The van der Waals surface area contributed by atoms with Crippen molar-refractivity contribution < 1.29 is 8.98 Å². The average Bonchev–Trinajstić information content (AvgIpc) is 2.46. The van der Waals surface area contributed by atoms with Gasteiger partial charge in [0.2, 0.25) is 0 Å². The van der Waals surface area contributed by atoms with Gasteiger partial charge in [0.15, 0.2) is 8.32 Å². The van der Waals surface area contributed by atoms with Crippen LogP contribution < -0.4 is 0 Å². The Bertz CT molecular complexity index is 692. The number of halogens is 1. The predicted molar refractivity (Wildman–Crippen MR) is 121 cm³/mol. The van der Waals surface area contributed by atoms with E-state index in [-0.39, 0.29) is 17.1 Å². The lowest BCUT2D eigenvalue weighted by Gasteiger charge is -2.44. The second kappa shape index (κ2) is 8.26. The number of pyridine rings is 1. The summed E-state index contributed by atoms with van der Waals surface area (Å²) in [4.78, 5) is 4.57. The van der Waals surface area contributed by atoms with Gasteiger partial charge in [0, 0.05) is 12.0 Å². The standard InChI is InChI=1S/C20H33BrN2O2SSi/c1-19(2,3)26(24)23-18(16-10-9-11-17(21)22-16)14-12-15(13-14)25-27(7,8)20(4,5)6/h9-11,14-15H,12-13H2,1-8H3/b23-18-/t14-,15+,26?. The third-order valence-electron chi connectivity index (χ3n) is 5.43. The minimum absolute atomic E-state index is 0.203. The predicted octanol–water partition coefficient (Wildman–Crippen LogP) is 5.90. The van der Waals surface area contributed by atoms with Crippen molar-refractivity contribution in [2.24, 2.45) is 10.3 Å². The molecule has 0 aliphatic heterocycles. The zero-order chi connectivity index (χ0) is 20.6. The summed E-state index contributed by atoms with van der Waals surface area (Å²) >= 11 is 2.13. The number of nitrogens with zero attached hydrogens (tertiary/aromatic N) is 2. The van der Waals surface area contributed by atoms with Gasteiger partial charge in [-0.05, 0) is 79.8 Å². The van der Waals surface area contributed by atoms with Crippen LogP contribution >= 0.6 is 15.9 Å². The van der Waals surface area contributed by atoms with Gasteiger partial charge in [0.1, 0.15) is 26.4 Å². The van der Waals surface area contributed by atoms with Crippen LogP contribution in [0, 0.1) is 5.92 Å². The molecule has 1 fully saturated rings. The molecule has 7 heteroatoms. The molecule has 1 atom stereocenters. The van der Waals surface area contributed by atoms with Crippen molar-refractivity contribution in [1.82, 2.24) is 4.98 Å². The molecule has 0 amide bonds. The maximum atomic E-state index is 12.7. The van der Waals surface area contributed by atoms with Gasteiger partial charge in [0.25, 0.3) is 0 Å². The first-order valence-corrected chi connectivity index (χ1v) is 14.3. The third kappa shape index (κ3) is 5.89. The van der Waals surface area contributed by atoms with E-state index >= 15 is 0 Å². The lowest BCUT2D eigenvalue weighted by Crippen LogP contribution is -2.49. The first-order chi connectivity index (χ1) is 12.2. The van der Waals surface area contributed by atoms with Crippen molar-refractivity contribution in [3.05, 3.63) is 28.5 Å². The zero-order valence-corrected chi connectivity index (χ0v) is 21.2. The van der Waals surface area contributed by atoms with Crippen LogP contribution in [0.1, 0.15) is 60.1 Å². The number of aromatic nitrogens is 1. The SMILES string of the molecule is CC(C)(C)[S+]([O-])/N=C(\c1cccc(Br)n1)[C@H]1C[C@@H](O[Si](C)(C)C(C)(C)C)C1. The monoisotopic (exact) mass is 472 g/mol. The van der Waals surface area contributed by atoms with Crippen LogP contribution in [0.25, 0.3) is 0 Å². The fraction of sp³-hybridized carbons (Fsp3) is 0.700. The van der Waals surface area contributed by atoms with Crippen molar-refractivity contribution in [3.8, 4) is 0 Å². The van der Waals surface area contributed by atoms with Crippen molar-refractivity contribution in [1.29, 1.82) is 0 Å². The topological polar surface area (TPSA) is 57.5 Å². The fourth-order valence-electron chi connectivity index (χ4n) is 2.59. The highest BCUT2D eigenvalue weighted by molar-refractivity contribution is 9.10. The van der Waals surface area contributed by atoms with Crippen LogP contribution in [0.15, 0.2) is 27.2 Å². The number of hydrogen-bond donors (Lipinski definition) is 0. The second-order valence-electron chi connectivity index (χ2n) is 9.85. The maximum absolute atomic E-state index is 12.7. The van der Waals surface area contributed by atoms with Gasteiger partial charge in [-0.15, -0.1) is 0 Å². The summed E-state index contributed by atoms with van der Waals surface area (Å²) in [5.74, 6) is 0.243. The molecule has 1 aromatic rings. The van der Waals surface area contributed by atoms with Gasteiger partial charge in [-0.25, -0.2) is 4.98 Å². The zero-order valence-electron chi connectivity index (χ0n) is 17.8. The Kier molecular flexibility index (Phi) is 7.06. The van der Waals surface area contributed by atoms with Crippen LogP contribution in [0.5, 0.6) is 0 Å². The van der Waals surface area contributed by atoms with Gasteiger partial charge in [-0.2, -0.15) is 0 Å². The van der Waals surface area contributed by atoms with E-state index < -0.39 is 24.4 Å². The minimum Gasteiger partial charge on any atom is -0.591 e. The highest BCUT2D eigenvalue weighted by Gasteiger charge is 2.44. The summed E-state index contributed by atoms with van der Waals surface area (Å²) in [6.45, 7) is 17.2. The van der Waals surface area contributed by atoms with E-state index in [0.717, 1.165) is 28.9 Å². The van der Waals surface area contributed by atoms with Gasteiger partial charge in [-0.3, -0.25) is 0 Å². The Labute approximate surface area is 177 Å².